The van der Waals surface area contributed by atoms with Gasteiger partial charge in [0, 0.05) is 32.0 Å². The molecular weight excluding hydrogens is 194 g/mol. The topological polar surface area (TPSA) is 56.1 Å². The fourth-order valence-electron chi connectivity index (χ4n) is 1.07. The van der Waals surface area contributed by atoms with Crippen LogP contribution in [-0.4, -0.2) is 28.7 Å². The van der Waals surface area contributed by atoms with Gasteiger partial charge in [-0.1, -0.05) is 13.8 Å². The summed E-state index contributed by atoms with van der Waals surface area (Å²) in [5, 5.41) is 3.19. The van der Waals surface area contributed by atoms with Crippen molar-refractivity contribution in [3.8, 4) is 5.88 Å². The van der Waals surface area contributed by atoms with E-state index in [0.717, 1.165) is 0 Å². The van der Waals surface area contributed by atoms with Crippen molar-refractivity contribution in [1.82, 2.24) is 14.9 Å². The number of aryl methyl sites for hydroxylation is 1. The van der Waals surface area contributed by atoms with Gasteiger partial charge in [0.25, 0.3) is 5.88 Å². The van der Waals surface area contributed by atoms with Gasteiger partial charge in [0.1, 0.15) is 6.61 Å². The molecule has 15 heavy (non-hydrogen) atoms. The van der Waals surface area contributed by atoms with Crippen molar-refractivity contribution in [3.05, 3.63) is 22.7 Å². The summed E-state index contributed by atoms with van der Waals surface area (Å²) in [6, 6.07) is 0.417. The van der Waals surface area contributed by atoms with E-state index in [4.69, 9.17) is 4.74 Å². The lowest BCUT2D eigenvalue weighted by atomic mass is 10.4. The van der Waals surface area contributed by atoms with E-state index in [2.05, 4.69) is 24.1 Å². The molecule has 0 saturated carbocycles. The summed E-state index contributed by atoms with van der Waals surface area (Å²) in [4.78, 5) is 15.3. The number of hydrogen-bond donors (Lipinski definition) is 1. The minimum Gasteiger partial charge on any atom is -0.472 e. The van der Waals surface area contributed by atoms with Crippen LogP contribution in [0.5, 0.6) is 5.88 Å². The molecule has 5 nitrogen and oxygen atoms in total. The normalized spacial score (nSPS) is 10.7. The molecule has 0 bridgehead atoms. The molecular formula is C10H17N3O2. The van der Waals surface area contributed by atoms with Crippen molar-refractivity contribution in [2.24, 2.45) is 7.05 Å². The van der Waals surface area contributed by atoms with Gasteiger partial charge in [0.15, 0.2) is 0 Å². The highest BCUT2D eigenvalue weighted by molar-refractivity contribution is 5.03. The van der Waals surface area contributed by atoms with E-state index >= 15 is 0 Å². The van der Waals surface area contributed by atoms with Gasteiger partial charge in [0.05, 0.1) is 0 Å². The van der Waals surface area contributed by atoms with Gasteiger partial charge in [0.2, 0.25) is 0 Å². The predicted molar refractivity (Wildman–Crippen MR) is 58.1 cm³/mol. The van der Waals surface area contributed by atoms with Crippen molar-refractivity contribution in [1.29, 1.82) is 0 Å². The number of rotatable bonds is 5. The van der Waals surface area contributed by atoms with Gasteiger partial charge >= 0.3 is 5.56 Å². The molecule has 0 aliphatic rings. The number of nitrogens with zero attached hydrogens (tertiary/aromatic N) is 2. The second-order valence-corrected chi connectivity index (χ2v) is 3.61. The van der Waals surface area contributed by atoms with E-state index in [-0.39, 0.29) is 11.4 Å². The van der Waals surface area contributed by atoms with Crippen LogP contribution in [0.1, 0.15) is 13.8 Å². The van der Waals surface area contributed by atoms with Crippen LogP contribution in [-0.2, 0) is 7.05 Å². The zero-order valence-corrected chi connectivity index (χ0v) is 9.36. The second kappa shape index (κ2) is 5.50. The van der Waals surface area contributed by atoms with Gasteiger partial charge in [-0.15, -0.1) is 0 Å². The molecule has 84 valence electrons. The van der Waals surface area contributed by atoms with Crippen LogP contribution in [0.15, 0.2) is 17.2 Å². The number of aromatic nitrogens is 2. The highest BCUT2D eigenvalue weighted by atomic mass is 16.5. The molecule has 0 fully saturated rings. The van der Waals surface area contributed by atoms with E-state index < -0.39 is 0 Å². The summed E-state index contributed by atoms with van der Waals surface area (Å²) < 4.78 is 6.70. The van der Waals surface area contributed by atoms with E-state index in [9.17, 15) is 4.79 Å². The maximum Gasteiger partial charge on any atom is 0.313 e. The number of hydrogen-bond acceptors (Lipinski definition) is 4. The first-order chi connectivity index (χ1) is 7.11. The molecule has 0 aromatic carbocycles. The molecule has 0 radical (unpaired) electrons. The Morgan fingerprint density at radius 3 is 3.00 bits per heavy atom. The van der Waals surface area contributed by atoms with Crippen LogP contribution in [0.3, 0.4) is 0 Å². The third-order valence-corrected chi connectivity index (χ3v) is 1.88. The molecule has 1 rings (SSSR count). The monoisotopic (exact) mass is 211 g/mol. The summed E-state index contributed by atoms with van der Waals surface area (Å²) in [7, 11) is 1.67. The van der Waals surface area contributed by atoms with Crippen LogP contribution in [0.2, 0.25) is 0 Å². The molecule has 1 aromatic heterocycles. The lowest BCUT2D eigenvalue weighted by Gasteiger charge is -2.08. The van der Waals surface area contributed by atoms with Crippen LogP contribution in [0, 0.1) is 0 Å². The van der Waals surface area contributed by atoms with Gasteiger partial charge < -0.3 is 14.6 Å². The third-order valence-electron chi connectivity index (χ3n) is 1.88. The van der Waals surface area contributed by atoms with E-state index in [1.165, 1.54) is 4.57 Å². The maximum absolute atomic E-state index is 11.5. The molecule has 0 amide bonds. The molecule has 0 aliphatic carbocycles. The molecule has 0 saturated heterocycles. The zero-order valence-electron chi connectivity index (χ0n) is 9.36. The Bertz CT molecular complexity index is 360. The third kappa shape index (κ3) is 3.71. The first-order valence-corrected chi connectivity index (χ1v) is 4.99. The fourth-order valence-corrected chi connectivity index (χ4v) is 1.07. The summed E-state index contributed by atoms with van der Waals surface area (Å²) in [6.45, 7) is 5.27. The number of ether oxygens (including phenoxy) is 1. The summed E-state index contributed by atoms with van der Waals surface area (Å²) >= 11 is 0. The Kier molecular flexibility index (Phi) is 4.30. The largest absolute Gasteiger partial charge is 0.472 e. The average Bonchev–Trinajstić information content (AvgIpc) is 2.18. The van der Waals surface area contributed by atoms with Crippen molar-refractivity contribution >= 4 is 0 Å². The molecule has 0 spiro atoms. The molecule has 5 heteroatoms. The smallest absolute Gasteiger partial charge is 0.313 e. The van der Waals surface area contributed by atoms with Crippen LogP contribution >= 0.6 is 0 Å². The lowest BCUT2D eigenvalue weighted by molar-refractivity contribution is 0.291. The minimum absolute atomic E-state index is 0.158. The standard InChI is InChI=1S/C10H17N3O2/c1-8(2)11-5-7-15-9-10(14)13(3)6-4-12-9/h4,6,8,11H,5,7H2,1-3H3. The average molecular weight is 211 g/mol. The van der Waals surface area contributed by atoms with Gasteiger partial charge in [-0.05, 0) is 0 Å². The van der Waals surface area contributed by atoms with Gasteiger partial charge in [-0.3, -0.25) is 4.79 Å². The van der Waals surface area contributed by atoms with Crippen LogP contribution < -0.4 is 15.6 Å². The van der Waals surface area contributed by atoms with Crippen molar-refractivity contribution in [2.75, 3.05) is 13.2 Å². The molecule has 1 aromatic rings. The Balaban J connectivity index is 2.44. The van der Waals surface area contributed by atoms with Crippen molar-refractivity contribution < 1.29 is 4.74 Å². The Morgan fingerprint density at radius 1 is 1.60 bits per heavy atom. The van der Waals surface area contributed by atoms with Gasteiger partial charge in [-0.2, -0.15) is 0 Å². The van der Waals surface area contributed by atoms with E-state index in [1.54, 1.807) is 19.4 Å². The molecule has 0 atom stereocenters. The fraction of sp³-hybridized carbons (Fsp3) is 0.600. The SMILES string of the molecule is CC(C)NCCOc1nccn(C)c1=O. The van der Waals surface area contributed by atoms with Crippen molar-refractivity contribution in [2.45, 2.75) is 19.9 Å². The molecule has 0 unspecified atom stereocenters. The first-order valence-electron chi connectivity index (χ1n) is 4.99. The number of nitrogens with one attached hydrogen (secondary N) is 1. The van der Waals surface area contributed by atoms with Crippen LogP contribution in [0.25, 0.3) is 0 Å². The summed E-state index contributed by atoms with van der Waals surface area (Å²) in [5.41, 5.74) is -0.206. The van der Waals surface area contributed by atoms with Crippen LogP contribution in [0.4, 0.5) is 0 Å². The Hall–Kier alpha value is -1.36. The first kappa shape index (κ1) is 11.7. The Labute approximate surface area is 89.1 Å². The highest BCUT2D eigenvalue weighted by Gasteiger charge is 2.02. The second-order valence-electron chi connectivity index (χ2n) is 3.61. The zero-order chi connectivity index (χ0) is 11.3. The predicted octanol–water partition coefficient (Wildman–Crippen LogP) is 0.157. The summed E-state index contributed by atoms with van der Waals surface area (Å²) in [6.07, 6.45) is 3.15. The van der Waals surface area contributed by atoms with E-state index in [0.29, 0.717) is 19.2 Å². The minimum atomic E-state index is -0.206. The van der Waals surface area contributed by atoms with Gasteiger partial charge in [-0.25, -0.2) is 4.98 Å². The highest BCUT2D eigenvalue weighted by Crippen LogP contribution is 1.94. The molecule has 1 heterocycles. The molecule has 1 N–H and O–H groups in total. The van der Waals surface area contributed by atoms with E-state index in [1.807, 2.05) is 0 Å². The lowest BCUT2D eigenvalue weighted by Crippen LogP contribution is -2.29. The van der Waals surface area contributed by atoms with Crippen molar-refractivity contribution in [3.63, 3.8) is 0 Å². The quantitative estimate of drug-likeness (QED) is 0.705. The maximum atomic E-state index is 11.5. The Morgan fingerprint density at radius 2 is 2.33 bits per heavy atom. The summed E-state index contributed by atoms with van der Waals surface area (Å²) in [5.74, 6) is 0.158. The molecule has 0 aliphatic heterocycles.